The van der Waals surface area contributed by atoms with Crippen molar-refractivity contribution in [1.29, 1.82) is 0 Å². The predicted octanol–water partition coefficient (Wildman–Crippen LogP) is 2.98. The molecule has 3 N–H and O–H groups in total. The number of halogens is 1. The van der Waals surface area contributed by atoms with Gasteiger partial charge >= 0.3 is 0 Å². The molecule has 0 saturated carbocycles. The standard InChI is InChI=1S/C21H28ClNO4/c1-16(13-17-5-7-20(8-6-17)26-11-9-24)23-15-21(27-12-10-25)18-3-2-4-19(22)14-18/h2-8,14,16,21,23-25H,9-13,15H2,1H3. The molecule has 27 heavy (non-hydrogen) atoms. The van der Waals surface area contributed by atoms with E-state index in [-0.39, 0.29) is 32.0 Å². The second-order valence-electron chi connectivity index (χ2n) is 6.37. The molecule has 5 nitrogen and oxygen atoms in total. The summed E-state index contributed by atoms with van der Waals surface area (Å²) in [5.41, 5.74) is 2.18. The van der Waals surface area contributed by atoms with Gasteiger partial charge in [-0.15, -0.1) is 0 Å². The van der Waals surface area contributed by atoms with Crippen LogP contribution in [0.25, 0.3) is 0 Å². The molecule has 0 heterocycles. The van der Waals surface area contributed by atoms with Crippen LogP contribution >= 0.6 is 11.6 Å². The lowest BCUT2D eigenvalue weighted by atomic mass is 10.1. The fourth-order valence-corrected chi connectivity index (χ4v) is 2.99. The molecule has 2 rings (SSSR count). The second-order valence-corrected chi connectivity index (χ2v) is 6.80. The first kappa shape index (κ1) is 21.7. The monoisotopic (exact) mass is 393 g/mol. The molecule has 148 valence electrons. The number of aliphatic hydroxyl groups is 2. The van der Waals surface area contributed by atoms with E-state index >= 15 is 0 Å². The van der Waals surface area contributed by atoms with E-state index in [0.29, 0.717) is 18.2 Å². The van der Waals surface area contributed by atoms with Crippen molar-refractivity contribution in [2.75, 3.05) is 33.0 Å². The average Bonchev–Trinajstić information content (AvgIpc) is 2.67. The largest absolute Gasteiger partial charge is 0.491 e. The van der Waals surface area contributed by atoms with Gasteiger partial charge in [0.15, 0.2) is 0 Å². The zero-order chi connectivity index (χ0) is 19.5. The van der Waals surface area contributed by atoms with Crippen LogP contribution in [-0.2, 0) is 11.2 Å². The Balaban J connectivity index is 1.88. The summed E-state index contributed by atoms with van der Waals surface area (Å²) >= 11 is 6.09. The van der Waals surface area contributed by atoms with Crippen LogP contribution in [0.3, 0.4) is 0 Å². The molecule has 0 saturated heterocycles. The van der Waals surface area contributed by atoms with Gasteiger partial charge in [-0.05, 0) is 48.7 Å². The summed E-state index contributed by atoms with van der Waals surface area (Å²) in [7, 11) is 0. The van der Waals surface area contributed by atoms with E-state index in [2.05, 4.69) is 12.2 Å². The Morgan fingerprint density at radius 1 is 1.04 bits per heavy atom. The minimum atomic E-state index is -0.174. The van der Waals surface area contributed by atoms with Gasteiger partial charge < -0.3 is 25.0 Å². The summed E-state index contributed by atoms with van der Waals surface area (Å²) in [6.45, 7) is 3.32. The van der Waals surface area contributed by atoms with Gasteiger partial charge in [0.2, 0.25) is 0 Å². The van der Waals surface area contributed by atoms with Gasteiger partial charge in [-0.2, -0.15) is 0 Å². The van der Waals surface area contributed by atoms with E-state index < -0.39 is 0 Å². The molecule has 0 radical (unpaired) electrons. The minimum absolute atomic E-state index is 0.00878. The SMILES string of the molecule is CC(Cc1ccc(OCCO)cc1)NCC(OCCO)c1cccc(Cl)c1. The Labute approximate surface area is 165 Å². The zero-order valence-electron chi connectivity index (χ0n) is 15.6. The molecule has 0 aliphatic rings. The van der Waals surface area contributed by atoms with Crippen LogP contribution in [0.5, 0.6) is 5.75 Å². The number of hydrogen-bond acceptors (Lipinski definition) is 5. The van der Waals surface area contributed by atoms with E-state index in [1.807, 2.05) is 48.5 Å². The molecule has 2 atom stereocenters. The molecular weight excluding hydrogens is 366 g/mol. The van der Waals surface area contributed by atoms with E-state index in [4.69, 9.17) is 31.3 Å². The summed E-state index contributed by atoms with van der Waals surface area (Å²) in [5.74, 6) is 0.756. The minimum Gasteiger partial charge on any atom is -0.491 e. The quantitative estimate of drug-likeness (QED) is 0.517. The van der Waals surface area contributed by atoms with Gasteiger partial charge in [0.05, 0.1) is 25.9 Å². The van der Waals surface area contributed by atoms with E-state index in [1.54, 1.807) is 0 Å². The van der Waals surface area contributed by atoms with Gasteiger partial charge in [-0.1, -0.05) is 35.9 Å². The van der Waals surface area contributed by atoms with Crippen LogP contribution in [0.4, 0.5) is 0 Å². The first-order valence-electron chi connectivity index (χ1n) is 9.16. The molecular formula is C21H28ClNO4. The molecule has 0 aliphatic carbocycles. The van der Waals surface area contributed by atoms with Crippen LogP contribution in [0.2, 0.25) is 5.02 Å². The molecule has 0 fully saturated rings. The first-order valence-corrected chi connectivity index (χ1v) is 9.54. The second kappa shape index (κ2) is 12.0. The number of rotatable bonds is 12. The Bertz CT molecular complexity index is 665. The normalized spacial score (nSPS) is 13.3. The predicted molar refractivity (Wildman–Crippen MR) is 107 cm³/mol. The van der Waals surface area contributed by atoms with E-state index in [1.165, 1.54) is 5.56 Å². The van der Waals surface area contributed by atoms with Crippen LogP contribution in [-0.4, -0.2) is 49.2 Å². The van der Waals surface area contributed by atoms with Crippen molar-refractivity contribution in [3.8, 4) is 5.75 Å². The van der Waals surface area contributed by atoms with Gasteiger partial charge in [0, 0.05) is 17.6 Å². The summed E-state index contributed by atoms with van der Waals surface area (Å²) < 4.78 is 11.2. The molecule has 2 aromatic carbocycles. The maximum absolute atomic E-state index is 9.07. The van der Waals surface area contributed by atoms with Crippen molar-refractivity contribution in [3.63, 3.8) is 0 Å². The lowest BCUT2D eigenvalue weighted by molar-refractivity contribution is 0.0269. The Morgan fingerprint density at radius 3 is 2.44 bits per heavy atom. The number of hydrogen-bond donors (Lipinski definition) is 3. The van der Waals surface area contributed by atoms with E-state index in [9.17, 15) is 0 Å². The van der Waals surface area contributed by atoms with Gasteiger partial charge in [0.25, 0.3) is 0 Å². The van der Waals surface area contributed by atoms with Gasteiger partial charge in [0.1, 0.15) is 12.4 Å². The van der Waals surface area contributed by atoms with Crippen LogP contribution < -0.4 is 10.1 Å². The lowest BCUT2D eigenvalue weighted by Crippen LogP contribution is -2.33. The molecule has 0 aromatic heterocycles. The van der Waals surface area contributed by atoms with Crippen molar-refractivity contribution in [2.45, 2.75) is 25.5 Å². The number of ether oxygens (including phenoxy) is 2. The number of nitrogens with one attached hydrogen (secondary N) is 1. The Morgan fingerprint density at radius 2 is 1.78 bits per heavy atom. The third kappa shape index (κ3) is 7.87. The average molecular weight is 394 g/mol. The Hall–Kier alpha value is -1.63. The third-order valence-electron chi connectivity index (χ3n) is 4.11. The molecule has 2 aromatic rings. The maximum Gasteiger partial charge on any atom is 0.119 e. The van der Waals surface area contributed by atoms with Crippen molar-refractivity contribution in [3.05, 3.63) is 64.7 Å². The molecule has 2 unspecified atom stereocenters. The Kier molecular flexibility index (Phi) is 9.59. The van der Waals surface area contributed by atoms with Crippen molar-refractivity contribution < 1.29 is 19.7 Å². The third-order valence-corrected chi connectivity index (χ3v) is 4.34. The molecule has 0 amide bonds. The molecule has 0 bridgehead atoms. The van der Waals surface area contributed by atoms with Crippen molar-refractivity contribution in [1.82, 2.24) is 5.32 Å². The summed E-state index contributed by atoms with van der Waals surface area (Å²) in [6.07, 6.45) is 0.690. The van der Waals surface area contributed by atoms with Gasteiger partial charge in [-0.25, -0.2) is 0 Å². The van der Waals surface area contributed by atoms with Crippen LogP contribution in [0, 0.1) is 0 Å². The molecule has 0 spiro atoms. The van der Waals surface area contributed by atoms with Crippen molar-refractivity contribution in [2.24, 2.45) is 0 Å². The molecule has 0 aliphatic heterocycles. The van der Waals surface area contributed by atoms with Gasteiger partial charge in [-0.3, -0.25) is 0 Å². The highest BCUT2D eigenvalue weighted by molar-refractivity contribution is 6.30. The topological polar surface area (TPSA) is 71.0 Å². The lowest BCUT2D eigenvalue weighted by Gasteiger charge is -2.22. The van der Waals surface area contributed by atoms with Crippen LogP contribution in [0.1, 0.15) is 24.2 Å². The highest BCUT2D eigenvalue weighted by Gasteiger charge is 2.14. The summed E-state index contributed by atoms with van der Waals surface area (Å²) in [6, 6.07) is 15.7. The molecule has 6 heteroatoms. The smallest absolute Gasteiger partial charge is 0.119 e. The summed E-state index contributed by atoms with van der Waals surface area (Å²) in [5, 5.41) is 22.0. The number of aliphatic hydroxyl groups excluding tert-OH is 2. The fourth-order valence-electron chi connectivity index (χ4n) is 2.79. The number of benzene rings is 2. The van der Waals surface area contributed by atoms with Crippen molar-refractivity contribution >= 4 is 11.6 Å². The summed E-state index contributed by atoms with van der Waals surface area (Å²) in [4.78, 5) is 0. The first-order chi connectivity index (χ1) is 13.1. The van der Waals surface area contributed by atoms with Crippen LogP contribution in [0.15, 0.2) is 48.5 Å². The zero-order valence-corrected chi connectivity index (χ0v) is 16.4. The highest BCUT2D eigenvalue weighted by atomic mass is 35.5. The van der Waals surface area contributed by atoms with E-state index in [0.717, 1.165) is 17.7 Å². The maximum atomic E-state index is 9.07. The fraction of sp³-hybridized carbons (Fsp3) is 0.429. The highest BCUT2D eigenvalue weighted by Crippen LogP contribution is 2.21.